The number of carbonyl (C=O) groups is 1. The Morgan fingerprint density at radius 1 is 1.47 bits per heavy atom. The zero-order valence-electron chi connectivity index (χ0n) is 11.3. The zero-order valence-corrected chi connectivity index (χ0v) is 11.3. The summed E-state index contributed by atoms with van der Waals surface area (Å²) >= 11 is 0. The second-order valence-corrected chi connectivity index (χ2v) is 4.68. The molecule has 0 saturated carbocycles. The molecule has 1 rings (SSSR count). The van der Waals surface area contributed by atoms with Crippen LogP contribution in [-0.4, -0.2) is 12.5 Å². The number of halogens is 1. The van der Waals surface area contributed by atoms with Crippen molar-refractivity contribution in [3.05, 3.63) is 29.6 Å². The fraction of sp³-hybridized carbons (Fsp3) is 0.400. The number of anilines is 1. The summed E-state index contributed by atoms with van der Waals surface area (Å²) in [7, 11) is 0. The molecule has 19 heavy (non-hydrogen) atoms. The lowest BCUT2D eigenvalue weighted by Crippen LogP contribution is -2.12. The number of hydrogen-bond acceptors (Lipinski definition) is 2. The van der Waals surface area contributed by atoms with Gasteiger partial charge in [0.1, 0.15) is 5.82 Å². The highest BCUT2D eigenvalue weighted by atomic mass is 19.1. The van der Waals surface area contributed by atoms with E-state index in [1.54, 1.807) is 6.07 Å². The molecule has 0 fully saturated rings. The van der Waals surface area contributed by atoms with Gasteiger partial charge in [-0.2, -0.15) is 0 Å². The molecule has 0 aromatic heterocycles. The summed E-state index contributed by atoms with van der Waals surface area (Å²) < 4.78 is 13.6. The maximum atomic E-state index is 13.6. The summed E-state index contributed by atoms with van der Waals surface area (Å²) in [5, 5.41) is 2.67. The zero-order chi connectivity index (χ0) is 14.3. The van der Waals surface area contributed by atoms with E-state index in [2.05, 4.69) is 31.0 Å². The Morgan fingerprint density at radius 2 is 2.21 bits per heavy atom. The Morgan fingerprint density at radius 3 is 2.79 bits per heavy atom. The maximum Gasteiger partial charge on any atom is 0.224 e. The maximum absolute atomic E-state index is 13.6. The summed E-state index contributed by atoms with van der Waals surface area (Å²) in [5.74, 6) is 5.13. The van der Waals surface area contributed by atoms with E-state index in [9.17, 15) is 9.18 Å². The largest absolute Gasteiger partial charge is 0.326 e. The van der Waals surface area contributed by atoms with Gasteiger partial charge in [0, 0.05) is 12.1 Å². The number of carbonyl (C=O) groups excluding carboxylic acids is 1. The van der Waals surface area contributed by atoms with Crippen molar-refractivity contribution in [3.8, 4) is 11.8 Å². The van der Waals surface area contributed by atoms with Crippen LogP contribution >= 0.6 is 0 Å². The van der Waals surface area contributed by atoms with Crippen LogP contribution in [0.3, 0.4) is 0 Å². The van der Waals surface area contributed by atoms with Crippen LogP contribution in [0.25, 0.3) is 0 Å². The molecule has 0 spiro atoms. The molecule has 0 aliphatic carbocycles. The highest BCUT2D eigenvalue weighted by Crippen LogP contribution is 2.14. The molecule has 0 unspecified atom stereocenters. The summed E-state index contributed by atoms with van der Waals surface area (Å²) in [6.07, 6.45) is 1.25. The number of hydrogen-bond donors (Lipinski definition) is 2. The summed E-state index contributed by atoms with van der Waals surface area (Å²) in [6, 6.07) is 4.45. The van der Waals surface area contributed by atoms with Crippen molar-refractivity contribution in [2.75, 3.05) is 11.9 Å². The highest BCUT2D eigenvalue weighted by molar-refractivity contribution is 5.90. The van der Waals surface area contributed by atoms with E-state index in [0.29, 0.717) is 18.0 Å². The first-order chi connectivity index (χ1) is 9.02. The number of benzene rings is 1. The molecule has 102 valence electrons. The number of nitrogens with two attached hydrogens (primary N) is 1. The van der Waals surface area contributed by atoms with Crippen molar-refractivity contribution in [1.82, 2.24) is 0 Å². The van der Waals surface area contributed by atoms with E-state index < -0.39 is 5.82 Å². The minimum Gasteiger partial charge on any atom is -0.326 e. The van der Waals surface area contributed by atoms with Gasteiger partial charge in [0.05, 0.1) is 12.1 Å². The van der Waals surface area contributed by atoms with Gasteiger partial charge in [-0.1, -0.05) is 25.7 Å². The van der Waals surface area contributed by atoms with Crippen LogP contribution in [0, 0.1) is 23.6 Å². The molecule has 3 nitrogen and oxygen atoms in total. The SMILES string of the molecule is CC(C)CCC(=O)Nc1ccc(C#CCN)c(F)c1. The van der Waals surface area contributed by atoms with Gasteiger partial charge in [0.25, 0.3) is 0 Å². The average Bonchev–Trinajstić information content (AvgIpc) is 2.35. The van der Waals surface area contributed by atoms with Crippen LogP contribution in [0.1, 0.15) is 32.3 Å². The Hall–Kier alpha value is -1.86. The third-order valence-corrected chi connectivity index (χ3v) is 2.53. The molecule has 1 aromatic rings. The second kappa shape index (κ2) is 7.55. The summed E-state index contributed by atoms with van der Waals surface area (Å²) in [4.78, 5) is 11.6. The fourth-order valence-corrected chi connectivity index (χ4v) is 1.48. The molecule has 4 heteroatoms. The monoisotopic (exact) mass is 262 g/mol. The van der Waals surface area contributed by atoms with Crippen LogP contribution in [0.2, 0.25) is 0 Å². The predicted octanol–water partition coefficient (Wildman–Crippen LogP) is 2.51. The first-order valence-corrected chi connectivity index (χ1v) is 6.31. The molecule has 3 N–H and O–H groups in total. The smallest absolute Gasteiger partial charge is 0.224 e. The van der Waals surface area contributed by atoms with Gasteiger partial charge in [0.15, 0.2) is 0 Å². The Bertz CT molecular complexity index is 501. The number of nitrogens with one attached hydrogen (secondary N) is 1. The van der Waals surface area contributed by atoms with Crippen molar-refractivity contribution in [2.45, 2.75) is 26.7 Å². The van der Waals surface area contributed by atoms with Gasteiger partial charge in [0.2, 0.25) is 5.91 Å². The Labute approximate surface area is 113 Å². The standard InChI is InChI=1S/C15H19FN2O/c1-11(2)5-8-15(19)18-13-7-6-12(4-3-9-17)14(16)10-13/h6-7,10-11H,5,8-9,17H2,1-2H3,(H,18,19). The minimum absolute atomic E-state index is 0.103. The molecule has 0 saturated heterocycles. The van der Waals surface area contributed by atoms with Gasteiger partial charge in [-0.05, 0) is 30.5 Å². The van der Waals surface area contributed by atoms with Crippen molar-refractivity contribution in [1.29, 1.82) is 0 Å². The van der Waals surface area contributed by atoms with Gasteiger partial charge < -0.3 is 11.1 Å². The summed E-state index contributed by atoms with van der Waals surface area (Å²) in [6.45, 7) is 4.29. The third kappa shape index (κ3) is 5.54. The summed E-state index contributed by atoms with van der Waals surface area (Å²) in [5.41, 5.74) is 5.96. The van der Waals surface area contributed by atoms with Crippen molar-refractivity contribution < 1.29 is 9.18 Å². The van der Waals surface area contributed by atoms with Crippen molar-refractivity contribution in [3.63, 3.8) is 0 Å². The van der Waals surface area contributed by atoms with E-state index in [4.69, 9.17) is 5.73 Å². The Balaban J connectivity index is 2.65. The fourth-order valence-electron chi connectivity index (χ4n) is 1.48. The van der Waals surface area contributed by atoms with Crippen LogP contribution < -0.4 is 11.1 Å². The van der Waals surface area contributed by atoms with E-state index >= 15 is 0 Å². The third-order valence-electron chi connectivity index (χ3n) is 2.53. The van der Waals surface area contributed by atoms with E-state index in [0.717, 1.165) is 6.42 Å². The molecule has 0 aliphatic heterocycles. The normalized spacial score (nSPS) is 9.95. The molecule has 1 aromatic carbocycles. The molecule has 0 atom stereocenters. The van der Waals surface area contributed by atoms with E-state index in [1.807, 2.05) is 0 Å². The number of rotatable bonds is 4. The van der Waals surface area contributed by atoms with Gasteiger partial charge >= 0.3 is 0 Å². The van der Waals surface area contributed by atoms with Crippen molar-refractivity contribution in [2.24, 2.45) is 11.7 Å². The highest BCUT2D eigenvalue weighted by Gasteiger charge is 2.06. The topological polar surface area (TPSA) is 55.1 Å². The predicted molar refractivity (Wildman–Crippen MR) is 75.0 cm³/mol. The molecule has 0 aliphatic rings. The molecule has 0 radical (unpaired) electrons. The Kier molecular flexibility index (Phi) is 6.04. The van der Waals surface area contributed by atoms with Crippen LogP contribution in [0.4, 0.5) is 10.1 Å². The lowest BCUT2D eigenvalue weighted by Gasteiger charge is -2.07. The minimum atomic E-state index is -0.456. The van der Waals surface area contributed by atoms with Crippen LogP contribution in [-0.2, 0) is 4.79 Å². The first kappa shape index (κ1) is 15.2. The van der Waals surface area contributed by atoms with Gasteiger partial charge in [-0.25, -0.2) is 4.39 Å². The molecular weight excluding hydrogens is 243 g/mol. The van der Waals surface area contributed by atoms with E-state index in [1.165, 1.54) is 12.1 Å². The second-order valence-electron chi connectivity index (χ2n) is 4.68. The van der Waals surface area contributed by atoms with Gasteiger partial charge in [-0.15, -0.1) is 0 Å². The average molecular weight is 262 g/mol. The first-order valence-electron chi connectivity index (χ1n) is 6.31. The van der Waals surface area contributed by atoms with Gasteiger partial charge in [-0.3, -0.25) is 4.79 Å². The quantitative estimate of drug-likeness (QED) is 0.819. The van der Waals surface area contributed by atoms with E-state index in [-0.39, 0.29) is 18.0 Å². The van der Waals surface area contributed by atoms with Crippen LogP contribution in [0.15, 0.2) is 18.2 Å². The molecule has 1 amide bonds. The number of amides is 1. The molecule has 0 bridgehead atoms. The molecule has 0 heterocycles. The lowest BCUT2D eigenvalue weighted by atomic mass is 10.1. The molecular formula is C15H19FN2O. The van der Waals surface area contributed by atoms with Crippen molar-refractivity contribution >= 4 is 11.6 Å². The van der Waals surface area contributed by atoms with Crippen LogP contribution in [0.5, 0.6) is 0 Å². The lowest BCUT2D eigenvalue weighted by molar-refractivity contribution is -0.116.